The molecule has 0 unspecified atom stereocenters. The van der Waals surface area contributed by atoms with Gasteiger partial charge in [0.1, 0.15) is 11.3 Å². The minimum absolute atomic E-state index is 0.219. The number of nitro benzene ring substituents is 1. The number of ether oxygens (including phenoxy) is 1. The molecule has 0 aliphatic carbocycles. The number of esters is 1. The van der Waals surface area contributed by atoms with Crippen molar-refractivity contribution in [3.63, 3.8) is 0 Å². The lowest BCUT2D eigenvalue weighted by Gasteiger charge is -2.06. The number of Topliss-reactive ketones (excluding diaryl/α,β-unsaturated/α-hetero) is 1. The van der Waals surface area contributed by atoms with Gasteiger partial charge in [0.15, 0.2) is 5.78 Å². The largest absolute Gasteiger partial charge is 0.506 e. The number of ketones is 1. The van der Waals surface area contributed by atoms with Crippen LogP contribution >= 0.6 is 0 Å². The number of nitrogens with zero attached hydrogens (tertiary/aromatic N) is 1. The Kier molecular flexibility index (Phi) is 4.36. The van der Waals surface area contributed by atoms with Gasteiger partial charge in [0.2, 0.25) is 0 Å². The first-order valence-electron chi connectivity index (χ1n) is 5.16. The molecule has 1 rings (SSSR count). The third-order valence-electron chi connectivity index (χ3n) is 2.33. The van der Waals surface area contributed by atoms with Crippen LogP contribution in [-0.2, 0) is 14.3 Å². The van der Waals surface area contributed by atoms with Crippen LogP contribution < -0.4 is 0 Å². The third-order valence-corrected chi connectivity index (χ3v) is 2.33. The van der Waals surface area contributed by atoms with Crippen LogP contribution in [0, 0.1) is 10.1 Å². The lowest BCUT2D eigenvalue weighted by molar-refractivity contribution is -0.385. The van der Waals surface area contributed by atoms with E-state index in [9.17, 15) is 24.8 Å². The van der Waals surface area contributed by atoms with Gasteiger partial charge in [0.05, 0.1) is 17.6 Å². The molecule has 0 amide bonds. The minimum atomic E-state index is -1.05. The first-order chi connectivity index (χ1) is 8.90. The first-order valence-corrected chi connectivity index (χ1v) is 5.16. The van der Waals surface area contributed by atoms with Crippen LogP contribution in [0.25, 0.3) is 5.76 Å². The van der Waals surface area contributed by atoms with Crippen LogP contribution in [0.2, 0.25) is 0 Å². The van der Waals surface area contributed by atoms with E-state index in [4.69, 9.17) is 0 Å². The number of nitro groups is 1. The molecular formula is C12H11NO6. The summed E-state index contributed by atoms with van der Waals surface area (Å²) in [5, 5.41) is 20.8. The molecular weight excluding hydrogens is 254 g/mol. The van der Waals surface area contributed by atoms with Crippen molar-refractivity contribution in [1.29, 1.82) is 0 Å². The zero-order valence-corrected chi connectivity index (χ0v) is 10.2. The van der Waals surface area contributed by atoms with Gasteiger partial charge in [-0.25, -0.2) is 4.79 Å². The minimum Gasteiger partial charge on any atom is -0.506 e. The Morgan fingerprint density at radius 3 is 2.37 bits per heavy atom. The number of methoxy groups -OCH3 is 1. The maximum Gasteiger partial charge on any atom is 0.345 e. The van der Waals surface area contributed by atoms with E-state index in [1.807, 2.05) is 0 Å². The monoisotopic (exact) mass is 265 g/mol. The predicted molar refractivity (Wildman–Crippen MR) is 65.3 cm³/mol. The molecule has 1 aromatic carbocycles. The number of aliphatic hydroxyl groups is 1. The lowest BCUT2D eigenvalue weighted by atomic mass is 10.0. The number of rotatable bonds is 4. The summed E-state index contributed by atoms with van der Waals surface area (Å²) in [6.07, 6.45) is 0. The van der Waals surface area contributed by atoms with Crippen molar-refractivity contribution in [2.24, 2.45) is 0 Å². The topological polar surface area (TPSA) is 107 Å². The molecule has 1 aromatic rings. The molecule has 19 heavy (non-hydrogen) atoms. The molecule has 7 heteroatoms. The molecule has 0 saturated heterocycles. The average molecular weight is 265 g/mol. The van der Waals surface area contributed by atoms with E-state index in [-0.39, 0.29) is 5.56 Å². The number of hydrogen-bond donors (Lipinski definition) is 1. The van der Waals surface area contributed by atoms with E-state index in [0.717, 1.165) is 20.1 Å². The van der Waals surface area contributed by atoms with Gasteiger partial charge < -0.3 is 9.84 Å². The van der Waals surface area contributed by atoms with E-state index in [0.29, 0.717) is 0 Å². The maximum atomic E-state index is 11.4. The van der Waals surface area contributed by atoms with Crippen molar-refractivity contribution in [2.45, 2.75) is 6.92 Å². The van der Waals surface area contributed by atoms with Crippen molar-refractivity contribution in [3.05, 3.63) is 45.5 Å². The van der Waals surface area contributed by atoms with E-state index in [1.165, 1.54) is 18.2 Å². The molecule has 0 fully saturated rings. The Bertz CT molecular complexity index is 575. The Morgan fingerprint density at radius 2 is 1.89 bits per heavy atom. The second-order valence-corrected chi connectivity index (χ2v) is 3.55. The average Bonchev–Trinajstić information content (AvgIpc) is 2.38. The van der Waals surface area contributed by atoms with E-state index >= 15 is 0 Å². The molecule has 0 spiro atoms. The zero-order valence-electron chi connectivity index (χ0n) is 10.2. The van der Waals surface area contributed by atoms with Gasteiger partial charge in [-0.15, -0.1) is 0 Å². The van der Waals surface area contributed by atoms with Gasteiger partial charge >= 0.3 is 5.97 Å². The highest BCUT2D eigenvalue weighted by Crippen LogP contribution is 2.26. The van der Waals surface area contributed by atoms with Crippen LogP contribution in [0.1, 0.15) is 12.5 Å². The molecule has 0 aromatic heterocycles. The summed E-state index contributed by atoms with van der Waals surface area (Å²) >= 11 is 0. The normalized spacial score (nSPS) is 11.5. The van der Waals surface area contributed by atoms with Crippen LogP contribution in [0.4, 0.5) is 5.69 Å². The van der Waals surface area contributed by atoms with E-state index < -0.39 is 33.7 Å². The van der Waals surface area contributed by atoms with Crippen molar-refractivity contribution in [3.8, 4) is 0 Å². The van der Waals surface area contributed by atoms with Gasteiger partial charge in [-0.05, 0) is 13.0 Å². The Labute approximate surface area is 108 Å². The van der Waals surface area contributed by atoms with Crippen LogP contribution in [-0.4, -0.2) is 28.9 Å². The van der Waals surface area contributed by atoms with Gasteiger partial charge in [-0.3, -0.25) is 14.9 Å². The summed E-state index contributed by atoms with van der Waals surface area (Å²) in [6, 6.07) is 5.23. The Hall–Kier alpha value is -2.70. The smallest absolute Gasteiger partial charge is 0.345 e. The number of carbonyl (C=O) groups excluding carboxylic acids is 2. The van der Waals surface area contributed by atoms with Crippen molar-refractivity contribution >= 4 is 23.2 Å². The number of benzene rings is 1. The molecule has 0 atom stereocenters. The second-order valence-electron chi connectivity index (χ2n) is 3.55. The molecule has 7 nitrogen and oxygen atoms in total. The van der Waals surface area contributed by atoms with Gasteiger partial charge in [-0.2, -0.15) is 0 Å². The van der Waals surface area contributed by atoms with Crippen molar-refractivity contribution in [2.75, 3.05) is 7.11 Å². The highest BCUT2D eigenvalue weighted by Gasteiger charge is 2.26. The molecule has 0 aliphatic heterocycles. The molecule has 0 heterocycles. The quantitative estimate of drug-likeness (QED) is 0.169. The number of para-hydroxylation sites is 1. The Balaban J connectivity index is 3.54. The first kappa shape index (κ1) is 14.4. The van der Waals surface area contributed by atoms with Crippen LogP contribution in [0.15, 0.2) is 29.8 Å². The standard InChI is InChI=1S/C12H11NO6/c1-7(14)10(12(16)19-2)11(15)8-5-3-4-6-9(8)13(17)18/h3-6,15H,1-2H3/b11-10-. The molecule has 100 valence electrons. The van der Waals surface area contributed by atoms with E-state index in [1.54, 1.807) is 0 Å². The highest BCUT2D eigenvalue weighted by molar-refractivity contribution is 6.21. The fraction of sp³-hybridized carbons (Fsp3) is 0.167. The number of aliphatic hydroxyl groups excluding tert-OH is 1. The van der Waals surface area contributed by atoms with Gasteiger partial charge in [-0.1, -0.05) is 12.1 Å². The lowest BCUT2D eigenvalue weighted by Crippen LogP contribution is -2.14. The molecule has 0 saturated carbocycles. The second kappa shape index (κ2) is 5.76. The summed E-state index contributed by atoms with van der Waals surface area (Å²) in [6.45, 7) is 1.05. The fourth-order valence-electron chi connectivity index (χ4n) is 1.48. The summed E-state index contributed by atoms with van der Waals surface area (Å²) in [5.41, 5.74) is -1.26. The highest BCUT2D eigenvalue weighted by atomic mass is 16.6. The zero-order chi connectivity index (χ0) is 14.6. The van der Waals surface area contributed by atoms with Gasteiger partial charge in [0, 0.05) is 6.07 Å². The predicted octanol–water partition coefficient (Wildman–Crippen LogP) is 1.63. The molecule has 1 N–H and O–H groups in total. The van der Waals surface area contributed by atoms with Gasteiger partial charge in [0.25, 0.3) is 5.69 Å². The molecule has 0 aliphatic rings. The summed E-state index contributed by atoms with van der Waals surface area (Å²) in [4.78, 5) is 32.9. The Morgan fingerprint density at radius 1 is 1.32 bits per heavy atom. The number of carbonyl (C=O) groups is 2. The summed E-state index contributed by atoms with van der Waals surface area (Å²) in [5.74, 6) is -2.57. The number of hydrogen-bond acceptors (Lipinski definition) is 6. The SMILES string of the molecule is COC(=O)/C(C(C)=O)=C(\O)c1ccccc1[N+](=O)[O-]. The molecule has 0 bridgehead atoms. The third kappa shape index (κ3) is 2.95. The van der Waals surface area contributed by atoms with Crippen molar-refractivity contribution < 1.29 is 24.4 Å². The van der Waals surface area contributed by atoms with Crippen LogP contribution in [0.5, 0.6) is 0 Å². The molecule has 0 radical (unpaired) electrons. The van der Waals surface area contributed by atoms with Crippen LogP contribution in [0.3, 0.4) is 0 Å². The summed E-state index contributed by atoms with van der Waals surface area (Å²) < 4.78 is 4.37. The van der Waals surface area contributed by atoms with E-state index in [2.05, 4.69) is 4.74 Å². The summed E-state index contributed by atoms with van der Waals surface area (Å²) in [7, 11) is 1.04. The maximum absolute atomic E-state index is 11.4. The van der Waals surface area contributed by atoms with Crippen molar-refractivity contribution in [1.82, 2.24) is 0 Å². The fourth-order valence-corrected chi connectivity index (χ4v) is 1.48.